The van der Waals surface area contributed by atoms with Crippen LogP contribution in [0.3, 0.4) is 0 Å². The van der Waals surface area contributed by atoms with Crippen molar-refractivity contribution in [3.05, 3.63) is 48.4 Å². The highest BCUT2D eigenvalue weighted by Crippen LogP contribution is 2.13. The van der Waals surface area contributed by atoms with Crippen molar-refractivity contribution in [2.75, 3.05) is 12.1 Å². The van der Waals surface area contributed by atoms with Gasteiger partial charge in [-0.1, -0.05) is 18.2 Å². The van der Waals surface area contributed by atoms with Crippen molar-refractivity contribution in [3.63, 3.8) is 0 Å². The van der Waals surface area contributed by atoms with Gasteiger partial charge in [-0.2, -0.15) is 5.06 Å². The Morgan fingerprint density at radius 3 is 2.78 bits per heavy atom. The van der Waals surface area contributed by atoms with Gasteiger partial charge >= 0.3 is 5.97 Å². The molecule has 18 heavy (non-hydrogen) atoms. The molecule has 0 bridgehead atoms. The lowest BCUT2D eigenvalue weighted by atomic mass is 10.2. The normalized spacial score (nSPS) is 10.1. The van der Waals surface area contributed by atoms with Crippen LogP contribution < -0.4 is 5.06 Å². The second kappa shape index (κ2) is 5.35. The van der Waals surface area contributed by atoms with E-state index in [1.807, 2.05) is 17.6 Å². The van der Waals surface area contributed by atoms with E-state index in [0.717, 1.165) is 12.4 Å². The summed E-state index contributed by atoms with van der Waals surface area (Å²) in [5.41, 5.74) is 0.520. The quantitative estimate of drug-likeness (QED) is 0.774. The summed E-state index contributed by atoms with van der Waals surface area (Å²) in [7, 11) is 1.68. The maximum absolute atomic E-state index is 11.9. The lowest BCUT2D eigenvalue weighted by Gasteiger charge is -2.18. The number of benzene rings is 1. The van der Waals surface area contributed by atoms with E-state index < -0.39 is 0 Å². The van der Waals surface area contributed by atoms with Crippen LogP contribution in [0.4, 0.5) is 5.82 Å². The largest absolute Gasteiger partial charge is 0.363 e. The van der Waals surface area contributed by atoms with Crippen LogP contribution in [0.2, 0.25) is 0 Å². The molecule has 1 aromatic heterocycles. The molecule has 1 aromatic carbocycles. The fourth-order valence-corrected chi connectivity index (χ4v) is 1.62. The molecule has 0 fully saturated rings. The van der Waals surface area contributed by atoms with E-state index in [1.165, 1.54) is 5.06 Å². The summed E-state index contributed by atoms with van der Waals surface area (Å²) in [6.45, 7) is 2.76. The van der Waals surface area contributed by atoms with Crippen LogP contribution in [0.5, 0.6) is 0 Å². The zero-order chi connectivity index (χ0) is 13.0. The molecule has 0 saturated carbocycles. The number of carbonyl (C=O) groups is 1. The Hall–Kier alpha value is -2.30. The van der Waals surface area contributed by atoms with E-state index >= 15 is 0 Å². The predicted octanol–water partition coefficient (Wildman–Crippen LogP) is 2.11. The zero-order valence-corrected chi connectivity index (χ0v) is 10.4. The standard InChI is InChI=1S/C13H15N3O2/c1-3-16-10-14-9-12(16)15(2)18-13(17)11-7-5-4-6-8-11/h4-10H,3H2,1-2H3. The number of aryl methyl sites for hydroxylation is 1. The Kier molecular flexibility index (Phi) is 3.62. The number of hydrogen-bond donors (Lipinski definition) is 0. The molecule has 0 spiro atoms. The number of hydroxylamine groups is 1. The van der Waals surface area contributed by atoms with E-state index in [2.05, 4.69) is 4.98 Å². The third-order valence-corrected chi connectivity index (χ3v) is 2.58. The van der Waals surface area contributed by atoms with E-state index in [0.29, 0.717) is 5.56 Å². The predicted molar refractivity (Wildman–Crippen MR) is 68.2 cm³/mol. The van der Waals surface area contributed by atoms with E-state index in [9.17, 15) is 4.79 Å². The lowest BCUT2D eigenvalue weighted by Crippen LogP contribution is -2.24. The molecular formula is C13H15N3O2. The summed E-state index contributed by atoms with van der Waals surface area (Å²) in [4.78, 5) is 21.1. The third kappa shape index (κ3) is 2.51. The molecule has 2 rings (SSSR count). The lowest BCUT2D eigenvalue weighted by molar-refractivity contribution is 0.0472. The number of imidazole rings is 1. The van der Waals surface area contributed by atoms with Gasteiger partial charge in [0.05, 0.1) is 18.1 Å². The molecule has 0 N–H and O–H groups in total. The zero-order valence-electron chi connectivity index (χ0n) is 10.4. The summed E-state index contributed by atoms with van der Waals surface area (Å²) >= 11 is 0. The van der Waals surface area contributed by atoms with E-state index in [4.69, 9.17) is 4.84 Å². The van der Waals surface area contributed by atoms with Crippen molar-refractivity contribution in [1.82, 2.24) is 9.55 Å². The third-order valence-electron chi connectivity index (χ3n) is 2.58. The Balaban J connectivity index is 2.08. The van der Waals surface area contributed by atoms with Crippen LogP contribution in [-0.2, 0) is 11.4 Å². The first-order valence-electron chi connectivity index (χ1n) is 5.73. The molecule has 0 aliphatic heterocycles. The maximum atomic E-state index is 11.9. The van der Waals surface area contributed by atoms with E-state index in [-0.39, 0.29) is 5.97 Å². The Labute approximate surface area is 106 Å². The first kappa shape index (κ1) is 12.2. The molecule has 0 aliphatic carbocycles. The summed E-state index contributed by atoms with van der Waals surface area (Å²) in [5, 5.41) is 1.42. The summed E-state index contributed by atoms with van der Waals surface area (Å²) < 4.78 is 1.89. The topological polar surface area (TPSA) is 47.4 Å². The highest BCUT2D eigenvalue weighted by Gasteiger charge is 2.13. The fourth-order valence-electron chi connectivity index (χ4n) is 1.62. The molecular weight excluding hydrogens is 230 g/mol. The van der Waals surface area contributed by atoms with Crippen LogP contribution in [-0.4, -0.2) is 22.6 Å². The Bertz CT molecular complexity index is 522. The number of hydrogen-bond acceptors (Lipinski definition) is 4. The van der Waals surface area contributed by atoms with Gasteiger partial charge in [-0.25, -0.2) is 9.78 Å². The fraction of sp³-hybridized carbons (Fsp3) is 0.231. The number of aromatic nitrogens is 2. The van der Waals surface area contributed by atoms with Crippen LogP contribution in [0.15, 0.2) is 42.9 Å². The van der Waals surface area contributed by atoms with Gasteiger partial charge in [0.2, 0.25) is 0 Å². The molecule has 0 saturated heterocycles. The summed E-state index contributed by atoms with van der Waals surface area (Å²) in [6.07, 6.45) is 3.35. The SMILES string of the molecule is CCn1cncc1N(C)OC(=O)c1ccccc1. The van der Waals surface area contributed by atoms with Crippen molar-refractivity contribution in [3.8, 4) is 0 Å². The second-order valence-electron chi connectivity index (χ2n) is 3.78. The first-order chi connectivity index (χ1) is 8.72. The van der Waals surface area contributed by atoms with Crippen molar-refractivity contribution in [2.45, 2.75) is 13.5 Å². The van der Waals surface area contributed by atoms with Gasteiger partial charge in [-0.15, -0.1) is 0 Å². The van der Waals surface area contributed by atoms with Crippen LogP contribution in [0, 0.1) is 0 Å². The van der Waals surface area contributed by atoms with Crippen molar-refractivity contribution >= 4 is 11.8 Å². The van der Waals surface area contributed by atoms with Crippen molar-refractivity contribution in [1.29, 1.82) is 0 Å². The average Bonchev–Trinajstić information content (AvgIpc) is 2.88. The molecule has 0 amide bonds. The van der Waals surface area contributed by atoms with E-state index in [1.54, 1.807) is 43.8 Å². The maximum Gasteiger partial charge on any atom is 0.363 e. The summed E-state index contributed by atoms with van der Waals surface area (Å²) in [6, 6.07) is 8.88. The van der Waals surface area contributed by atoms with Crippen molar-refractivity contribution in [2.24, 2.45) is 0 Å². The Morgan fingerprint density at radius 2 is 2.11 bits per heavy atom. The van der Waals surface area contributed by atoms with Gasteiger partial charge in [0.15, 0.2) is 5.82 Å². The van der Waals surface area contributed by atoms with Gasteiger partial charge in [-0.3, -0.25) is 0 Å². The van der Waals surface area contributed by atoms with Gasteiger partial charge < -0.3 is 9.40 Å². The summed E-state index contributed by atoms with van der Waals surface area (Å²) in [5.74, 6) is 0.351. The highest BCUT2D eigenvalue weighted by atomic mass is 16.7. The minimum absolute atomic E-state index is 0.387. The van der Waals surface area contributed by atoms with Crippen LogP contribution in [0.25, 0.3) is 0 Å². The van der Waals surface area contributed by atoms with Gasteiger partial charge in [-0.05, 0) is 19.1 Å². The minimum Gasteiger partial charge on any atom is -0.334 e. The smallest absolute Gasteiger partial charge is 0.334 e. The number of anilines is 1. The van der Waals surface area contributed by atoms with Crippen molar-refractivity contribution < 1.29 is 9.63 Å². The monoisotopic (exact) mass is 245 g/mol. The molecule has 5 nitrogen and oxygen atoms in total. The molecule has 2 aromatic rings. The number of nitrogens with zero attached hydrogens (tertiary/aromatic N) is 3. The average molecular weight is 245 g/mol. The molecule has 94 valence electrons. The van der Waals surface area contributed by atoms with Crippen LogP contribution in [0.1, 0.15) is 17.3 Å². The molecule has 0 atom stereocenters. The molecule has 0 aliphatic rings. The molecule has 1 heterocycles. The Morgan fingerprint density at radius 1 is 1.39 bits per heavy atom. The van der Waals surface area contributed by atoms with Gasteiger partial charge in [0, 0.05) is 13.6 Å². The number of carbonyl (C=O) groups excluding carboxylic acids is 1. The van der Waals surface area contributed by atoms with Gasteiger partial charge in [0.1, 0.15) is 0 Å². The molecule has 5 heteroatoms. The second-order valence-corrected chi connectivity index (χ2v) is 3.78. The highest BCUT2D eigenvalue weighted by molar-refractivity contribution is 5.89. The first-order valence-corrected chi connectivity index (χ1v) is 5.73. The molecule has 0 unspecified atom stereocenters. The van der Waals surface area contributed by atoms with Gasteiger partial charge in [0.25, 0.3) is 0 Å². The minimum atomic E-state index is -0.387. The van der Waals surface area contributed by atoms with Crippen LogP contribution >= 0.6 is 0 Å². The molecule has 0 radical (unpaired) electrons. The number of rotatable bonds is 4.